The molecule has 31 heavy (non-hydrogen) atoms. The van der Waals surface area contributed by atoms with Crippen LogP contribution < -0.4 is 4.90 Å². The molecule has 10 heteroatoms. The summed E-state index contributed by atoms with van der Waals surface area (Å²) in [6.07, 6.45) is -4.54. The zero-order valence-electron chi connectivity index (χ0n) is 16.5. The quantitative estimate of drug-likeness (QED) is 0.721. The fourth-order valence-electron chi connectivity index (χ4n) is 3.92. The van der Waals surface area contributed by atoms with E-state index in [0.717, 1.165) is 12.1 Å². The molecule has 0 bridgehead atoms. The van der Waals surface area contributed by atoms with E-state index in [0.29, 0.717) is 31.1 Å². The van der Waals surface area contributed by atoms with E-state index in [1.54, 1.807) is 15.9 Å². The molecule has 0 spiro atoms. The molecule has 2 aromatic rings. The van der Waals surface area contributed by atoms with Gasteiger partial charge in [-0.3, -0.25) is 14.4 Å². The Labute approximate surface area is 180 Å². The molecular formula is C21H20F3N3O3S. The number of nitrogens with zero attached hydrogens (tertiary/aromatic N) is 3. The van der Waals surface area contributed by atoms with E-state index in [4.69, 9.17) is 0 Å². The maximum atomic E-state index is 13.0. The molecule has 1 aromatic carbocycles. The number of carbonyl (C=O) groups is 3. The van der Waals surface area contributed by atoms with Crippen molar-refractivity contribution in [2.75, 3.05) is 37.6 Å². The molecule has 2 fully saturated rings. The number of hydrogen-bond acceptors (Lipinski definition) is 4. The van der Waals surface area contributed by atoms with Gasteiger partial charge < -0.3 is 14.7 Å². The monoisotopic (exact) mass is 451 g/mol. The second kappa shape index (κ2) is 8.33. The number of alkyl halides is 3. The molecule has 0 unspecified atom stereocenters. The summed E-state index contributed by atoms with van der Waals surface area (Å²) in [6, 6.07) is 8.14. The van der Waals surface area contributed by atoms with E-state index >= 15 is 0 Å². The summed E-state index contributed by atoms with van der Waals surface area (Å²) in [7, 11) is 0. The highest BCUT2D eigenvalue weighted by Gasteiger charge is 2.39. The van der Waals surface area contributed by atoms with Gasteiger partial charge in [-0.15, -0.1) is 11.3 Å². The van der Waals surface area contributed by atoms with Gasteiger partial charge in [0.25, 0.3) is 5.91 Å². The number of benzene rings is 1. The standard InChI is InChI=1S/C21H20F3N3O3S/c22-21(23,24)15-3-1-4-16(12-15)27-13-14(11-18(27)28)19(29)25-6-8-26(9-7-25)20(30)17-5-2-10-31-17/h1-5,10,12,14H,6-9,11,13H2/t14-/m0/s1. The fourth-order valence-corrected chi connectivity index (χ4v) is 4.61. The summed E-state index contributed by atoms with van der Waals surface area (Å²) in [5.41, 5.74) is -0.694. The van der Waals surface area contributed by atoms with Crippen molar-refractivity contribution in [1.29, 1.82) is 0 Å². The first kappa shape index (κ1) is 21.4. The Morgan fingerprint density at radius 2 is 1.71 bits per heavy atom. The van der Waals surface area contributed by atoms with Gasteiger partial charge in [0, 0.05) is 44.8 Å². The fraction of sp³-hybridized carbons (Fsp3) is 0.381. The Balaban J connectivity index is 1.37. The van der Waals surface area contributed by atoms with Crippen molar-refractivity contribution in [2.45, 2.75) is 12.6 Å². The van der Waals surface area contributed by atoms with Crippen LogP contribution in [-0.4, -0.2) is 60.2 Å². The molecule has 0 saturated carbocycles. The molecule has 0 aliphatic carbocycles. The van der Waals surface area contributed by atoms with Crippen LogP contribution in [0.5, 0.6) is 0 Å². The summed E-state index contributed by atoms with van der Waals surface area (Å²) < 4.78 is 39.0. The third kappa shape index (κ3) is 4.43. The van der Waals surface area contributed by atoms with Gasteiger partial charge in [0.2, 0.25) is 11.8 Å². The van der Waals surface area contributed by atoms with E-state index in [9.17, 15) is 27.6 Å². The molecule has 0 radical (unpaired) electrons. The molecule has 4 rings (SSSR count). The van der Waals surface area contributed by atoms with Crippen LogP contribution in [0.25, 0.3) is 0 Å². The van der Waals surface area contributed by atoms with Crippen molar-refractivity contribution >= 4 is 34.7 Å². The van der Waals surface area contributed by atoms with Crippen LogP contribution in [0.3, 0.4) is 0 Å². The highest BCUT2D eigenvalue weighted by molar-refractivity contribution is 7.12. The van der Waals surface area contributed by atoms with Gasteiger partial charge in [0.1, 0.15) is 0 Å². The highest BCUT2D eigenvalue weighted by atomic mass is 32.1. The lowest BCUT2D eigenvalue weighted by molar-refractivity contribution is -0.138. The molecule has 1 aromatic heterocycles. The zero-order chi connectivity index (χ0) is 22.2. The van der Waals surface area contributed by atoms with Gasteiger partial charge in [-0.05, 0) is 29.6 Å². The Morgan fingerprint density at radius 3 is 2.35 bits per heavy atom. The number of halogens is 3. The molecule has 6 nitrogen and oxygen atoms in total. The Kier molecular flexibility index (Phi) is 5.74. The van der Waals surface area contributed by atoms with Crippen molar-refractivity contribution in [2.24, 2.45) is 5.92 Å². The van der Waals surface area contributed by atoms with E-state index in [-0.39, 0.29) is 36.4 Å². The largest absolute Gasteiger partial charge is 0.416 e. The molecule has 2 aliphatic rings. The molecule has 3 amide bonds. The van der Waals surface area contributed by atoms with Gasteiger partial charge in [-0.2, -0.15) is 13.2 Å². The molecular weight excluding hydrogens is 431 g/mol. The average Bonchev–Trinajstić information content (AvgIpc) is 3.42. The van der Waals surface area contributed by atoms with Gasteiger partial charge in [-0.1, -0.05) is 12.1 Å². The van der Waals surface area contributed by atoms with Crippen LogP contribution in [0.1, 0.15) is 21.7 Å². The van der Waals surface area contributed by atoms with E-state index < -0.39 is 17.7 Å². The Morgan fingerprint density at radius 1 is 1.00 bits per heavy atom. The SMILES string of the molecule is O=C(c1cccs1)N1CCN(C(=O)[C@H]2CC(=O)N(c3cccc(C(F)(F)F)c3)C2)CC1. The Hall–Kier alpha value is -2.88. The summed E-state index contributed by atoms with van der Waals surface area (Å²) in [5, 5.41) is 1.83. The summed E-state index contributed by atoms with van der Waals surface area (Å²) in [6.45, 7) is 1.59. The lowest BCUT2D eigenvalue weighted by Gasteiger charge is -2.35. The van der Waals surface area contributed by atoms with Crippen molar-refractivity contribution in [1.82, 2.24) is 9.80 Å². The van der Waals surface area contributed by atoms with Crippen LogP contribution in [0, 0.1) is 5.92 Å². The molecule has 2 saturated heterocycles. The second-order valence-corrected chi connectivity index (χ2v) is 8.50. The van der Waals surface area contributed by atoms with E-state index in [1.807, 2.05) is 11.4 Å². The third-order valence-corrected chi connectivity index (χ3v) is 6.43. The van der Waals surface area contributed by atoms with Crippen LogP contribution in [-0.2, 0) is 15.8 Å². The number of amides is 3. The number of piperazine rings is 1. The number of anilines is 1. The molecule has 0 N–H and O–H groups in total. The van der Waals surface area contributed by atoms with Crippen LogP contribution in [0.2, 0.25) is 0 Å². The van der Waals surface area contributed by atoms with Crippen molar-refractivity contribution in [3.05, 3.63) is 52.2 Å². The lowest BCUT2D eigenvalue weighted by atomic mass is 10.1. The van der Waals surface area contributed by atoms with Crippen LogP contribution in [0.15, 0.2) is 41.8 Å². The molecule has 3 heterocycles. The number of rotatable bonds is 3. The predicted octanol–water partition coefficient (Wildman–Crippen LogP) is 3.10. The first-order chi connectivity index (χ1) is 14.7. The minimum atomic E-state index is -4.51. The number of thiophene rings is 1. The maximum Gasteiger partial charge on any atom is 0.416 e. The van der Waals surface area contributed by atoms with Crippen molar-refractivity contribution in [3.63, 3.8) is 0 Å². The minimum absolute atomic E-state index is 0.0383. The smallest absolute Gasteiger partial charge is 0.339 e. The van der Waals surface area contributed by atoms with Crippen LogP contribution >= 0.6 is 11.3 Å². The molecule has 164 valence electrons. The predicted molar refractivity (Wildman–Crippen MR) is 109 cm³/mol. The first-order valence-electron chi connectivity index (χ1n) is 9.83. The van der Waals surface area contributed by atoms with Gasteiger partial charge in [-0.25, -0.2) is 0 Å². The summed E-state index contributed by atoms with van der Waals surface area (Å²) in [4.78, 5) is 43.0. The first-order valence-corrected chi connectivity index (χ1v) is 10.7. The summed E-state index contributed by atoms with van der Waals surface area (Å²) in [5.74, 6) is -1.24. The van der Waals surface area contributed by atoms with Crippen molar-refractivity contribution < 1.29 is 27.6 Å². The summed E-state index contributed by atoms with van der Waals surface area (Å²) >= 11 is 1.37. The molecule has 2 aliphatic heterocycles. The number of hydrogen-bond donors (Lipinski definition) is 0. The molecule has 1 atom stereocenters. The highest BCUT2D eigenvalue weighted by Crippen LogP contribution is 2.33. The third-order valence-electron chi connectivity index (χ3n) is 5.57. The zero-order valence-corrected chi connectivity index (χ0v) is 17.3. The second-order valence-electron chi connectivity index (χ2n) is 7.55. The van der Waals surface area contributed by atoms with E-state index in [1.165, 1.54) is 28.4 Å². The number of carbonyl (C=O) groups excluding carboxylic acids is 3. The lowest BCUT2D eigenvalue weighted by Crippen LogP contribution is -2.52. The van der Waals surface area contributed by atoms with Gasteiger partial charge in [0.15, 0.2) is 0 Å². The Bertz CT molecular complexity index is 985. The van der Waals surface area contributed by atoms with Crippen LogP contribution in [0.4, 0.5) is 18.9 Å². The van der Waals surface area contributed by atoms with Gasteiger partial charge in [0.05, 0.1) is 16.4 Å². The normalized spacial score (nSPS) is 19.8. The maximum absolute atomic E-state index is 13.0. The van der Waals surface area contributed by atoms with Gasteiger partial charge >= 0.3 is 6.18 Å². The minimum Gasteiger partial charge on any atom is -0.339 e. The van der Waals surface area contributed by atoms with Crippen molar-refractivity contribution in [3.8, 4) is 0 Å². The van der Waals surface area contributed by atoms with E-state index in [2.05, 4.69) is 0 Å². The topological polar surface area (TPSA) is 60.9 Å². The average molecular weight is 451 g/mol.